The van der Waals surface area contributed by atoms with Crippen LogP contribution in [0.5, 0.6) is 0 Å². The van der Waals surface area contributed by atoms with Crippen molar-refractivity contribution in [3.05, 3.63) is 27.2 Å². The van der Waals surface area contributed by atoms with Gasteiger partial charge in [0.05, 0.1) is 12.9 Å². The maximum absolute atomic E-state index is 12.7. The Labute approximate surface area is 163 Å². The summed E-state index contributed by atoms with van der Waals surface area (Å²) in [5, 5.41) is 0. The molecule has 0 radical (unpaired) electrons. The van der Waals surface area contributed by atoms with Crippen LogP contribution in [0, 0.1) is 5.92 Å². The number of aromatic nitrogens is 4. The Morgan fingerprint density at radius 3 is 2.46 bits per heavy atom. The van der Waals surface area contributed by atoms with Gasteiger partial charge in [0.2, 0.25) is 0 Å². The minimum atomic E-state index is -0.421. The van der Waals surface area contributed by atoms with Crippen LogP contribution < -0.4 is 11.2 Å². The van der Waals surface area contributed by atoms with Gasteiger partial charge in [-0.15, -0.1) is 0 Å². The number of hydrogen-bond acceptors (Lipinski definition) is 6. The number of hydrogen-bond donors (Lipinski definition) is 0. The molecule has 0 saturated carbocycles. The fourth-order valence-corrected chi connectivity index (χ4v) is 3.94. The predicted molar refractivity (Wildman–Crippen MR) is 105 cm³/mol. The van der Waals surface area contributed by atoms with Crippen LogP contribution in [0.1, 0.15) is 33.1 Å². The molecule has 0 spiro atoms. The highest BCUT2D eigenvalue weighted by molar-refractivity contribution is 5.76. The fraction of sp³-hybridized carbons (Fsp3) is 0.684. The normalized spacial score (nSPS) is 16.6. The first-order valence-electron chi connectivity index (χ1n) is 9.84. The molecular formula is C19H29N5O4. The van der Waals surface area contributed by atoms with Crippen LogP contribution in [0.4, 0.5) is 0 Å². The highest BCUT2D eigenvalue weighted by atomic mass is 16.5. The highest BCUT2D eigenvalue weighted by Gasteiger charge is 2.31. The summed E-state index contributed by atoms with van der Waals surface area (Å²) >= 11 is 0. The van der Waals surface area contributed by atoms with Crippen molar-refractivity contribution >= 4 is 17.1 Å². The van der Waals surface area contributed by atoms with E-state index in [0.717, 1.165) is 30.5 Å². The molecule has 0 aliphatic carbocycles. The van der Waals surface area contributed by atoms with Crippen molar-refractivity contribution < 1.29 is 9.53 Å². The molecule has 1 aliphatic rings. The number of piperidine rings is 1. The number of ether oxygens (including phenoxy) is 1. The molecule has 9 heteroatoms. The molecule has 1 saturated heterocycles. The number of likely N-dealkylation sites (tertiary alicyclic amines) is 1. The molecule has 0 aromatic carbocycles. The lowest BCUT2D eigenvalue weighted by Crippen LogP contribution is -2.48. The lowest BCUT2D eigenvalue weighted by atomic mass is 9.99. The summed E-state index contributed by atoms with van der Waals surface area (Å²) in [5.74, 6) is -0.0527. The third-order valence-electron chi connectivity index (χ3n) is 5.45. The number of aryl methyl sites for hydroxylation is 1. The van der Waals surface area contributed by atoms with Crippen LogP contribution in [-0.2, 0) is 30.2 Å². The third-order valence-corrected chi connectivity index (χ3v) is 5.45. The van der Waals surface area contributed by atoms with Gasteiger partial charge < -0.3 is 9.30 Å². The van der Waals surface area contributed by atoms with E-state index < -0.39 is 11.2 Å². The Hall–Kier alpha value is -2.42. The molecule has 154 valence electrons. The lowest BCUT2D eigenvalue weighted by molar-refractivity contribution is -0.152. The Balaban J connectivity index is 1.71. The second-order valence-electron chi connectivity index (χ2n) is 7.77. The summed E-state index contributed by atoms with van der Waals surface area (Å²) in [4.78, 5) is 43.6. The molecule has 1 aliphatic heterocycles. The molecule has 0 unspecified atom stereocenters. The van der Waals surface area contributed by atoms with Crippen LogP contribution in [0.3, 0.4) is 0 Å². The lowest BCUT2D eigenvalue weighted by Gasteiger charge is -2.35. The van der Waals surface area contributed by atoms with Crippen molar-refractivity contribution in [3.63, 3.8) is 0 Å². The van der Waals surface area contributed by atoms with Gasteiger partial charge in [0, 0.05) is 14.1 Å². The molecule has 2 aromatic heterocycles. The molecule has 3 rings (SSSR count). The van der Waals surface area contributed by atoms with Crippen LogP contribution in [0.2, 0.25) is 0 Å². The number of esters is 1. The minimum Gasteiger partial charge on any atom is -0.463 e. The van der Waals surface area contributed by atoms with Crippen molar-refractivity contribution in [1.29, 1.82) is 0 Å². The first-order valence-corrected chi connectivity index (χ1v) is 9.84. The first kappa shape index (κ1) is 20.3. The van der Waals surface area contributed by atoms with Gasteiger partial charge in [-0.05, 0) is 31.8 Å². The van der Waals surface area contributed by atoms with Gasteiger partial charge in [-0.2, -0.15) is 0 Å². The van der Waals surface area contributed by atoms with Crippen molar-refractivity contribution in [2.75, 3.05) is 19.7 Å². The van der Waals surface area contributed by atoms with Crippen molar-refractivity contribution in [2.45, 2.75) is 45.7 Å². The van der Waals surface area contributed by atoms with E-state index in [9.17, 15) is 14.4 Å². The van der Waals surface area contributed by atoms with E-state index >= 15 is 0 Å². The van der Waals surface area contributed by atoms with Crippen LogP contribution >= 0.6 is 0 Å². The number of nitrogens with zero attached hydrogens (tertiary/aromatic N) is 5. The molecule has 3 heterocycles. The van der Waals surface area contributed by atoms with Gasteiger partial charge in [-0.3, -0.25) is 23.6 Å². The van der Waals surface area contributed by atoms with Crippen molar-refractivity contribution in [1.82, 2.24) is 23.6 Å². The number of imidazole rings is 1. The molecule has 0 amide bonds. The van der Waals surface area contributed by atoms with Gasteiger partial charge in [-0.25, -0.2) is 9.78 Å². The van der Waals surface area contributed by atoms with Gasteiger partial charge in [0.1, 0.15) is 12.6 Å². The van der Waals surface area contributed by atoms with Gasteiger partial charge in [0.15, 0.2) is 11.2 Å². The molecule has 9 nitrogen and oxygen atoms in total. The van der Waals surface area contributed by atoms with E-state index in [2.05, 4.69) is 9.88 Å². The average Bonchev–Trinajstić information content (AvgIpc) is 3.09. The number of fused-ring (bicyclic) bond motifs is 1. The van der Waals surface area contributed by atoms with E-state index in [1.165, 1.54) is 24.4 Å². The van der Waals surface area contributed by atoms with E-state index in [0.29, 0.717) is 17.7 Å². The summed E-state index contributed by atoms with van der Waals surface area (Å²) in [6.07, 6.45) is 4.94. The maximum atomic E-state index is 12.7. The summed E-state index contributed by atoms with van der Waals surface area (Å²) < 4.78 is 9.58. The molecule has 0 bridgehead atoms. The Kier molecular flexibility index (Phi) is 6.02. The van der Waals surface area contributed by atoms with E-state index in [-0.39, 0.29) is 24.5 Å². The quantitative estimate of drug-likeness (QED) is 0.666. The van der Waals surface area contributed by atoms with Crippen LogP contribution in [0.25, 0.3) is 11.2 Å². The third kappa shape index (κ3) is 3.76. The zero-order valence-corrected chi connectivity index (χ0v) is 17.1. The summed E-state index contributed by atoms with van der Waals surface area (Å²) in [6.45, 7) is 6.37. The maximum Gasteiger partial charge on any atom is 0.332 e. The number of carbonyl (C=O) groups excluding carboxylic acids is 1. The SMILES string of the molecule is CC(C)[C@H](C(=O)OCCn1cnc2c1c(=O)n(C)c(=O)n2C)N1CCCCC1. The molecule has 28 heavy (non-hydrogen) atoms. The Bertz CT molecular complexity index is 965. The topological polar surface area (TPSA) is 91.4 Å². The van der Waals surface area contributed by atoms with Gasteiger partial charge in [-0.1, -0.05) is 20.3 Å². The van der Waals surface area contributed by atoms with Crippen molar-refractivity contribution in [3.8, 4) is 0 Å². The Morgan fingerprint density at radius 2 is 1.82 bits per heavy atom. The number of rotatable bonds is 6. The van der Waals surface area contributed by atoms with E-state index in [1.807, 2.05) is 13.8 Å². The average molecular weight is 391 g/mol. The molecule has 1 fully saturated rings. The smallest absolute Gasteiger partial charge is 0.332 e. The van der Waals surface area contributed by atoms with Gasteiger partial charge in [0.25, 0.3) is 5.56 Å². The number of carbonyl (C=O) groups is 1. The van der Waals surface area contributed by atoms with E-state index in [4.69, 9.17) is 4.74 Å². The van der Waals surface area contributed by atoms with Gasteiger partial charge >= 0.3 is 11.7 Å². The summed E-state index contributed by atoms with van der Waals surface area (Å²) in [5.41, 5.74) is -0.171. The van der Waals surface area contributed by atoms with E-state index in [1.54, 1.807) is 11.6 Å². The standard InChI is InChI=1S/C19H29N5O4/c1-13(2)14(23-8-6-5-7-9-23)18(26)28-11-10-24-12-20-16-15(24)17(25)22(4)19(27)21(16)3/h12-14H,5-11H2,1-4H3/t14-/m1/s1. The monoisotopic (exact) mass is 391 g/mol. The molecular weight excluding hydrogens is 362 g/mol. The fourth-order valence-electron chi connectivity index (χ4n) is 3.94. The molecule has 1 atom stereocenters. The largest absolute Gasteiger partial charge is 0.463 e. The summed E-state index contributed by atoms with van der Waals surface area (Å²) in [7, 11) is 3.01. The zero-order chi connectivity index (χ0) is 20.4. The van der Waals surface area contributed by atoms with Crippen molar-refractivity contribution in [2.24, 2.45) is 20.0 Å². The predicted octanol–water partition coefficient (Wildman–Crippen LogP) is 0.487. The molecule has 0 N–H and O–H groups in total. The Morgan fingerprint density at radius 1 is 1.14 bits per heavy atom. The van der Waals surface area contributed by atoms with Crippen LogP contribution in [-0.4, -0.2) is 55.3 Å². The van der Waals surface area contributed by atoms with Crippen LogP contribution in [0.15, 0.2) is 15.9 Å². The minimum absolute atomic E-state index is 0.146. The molecule has 2 aromatic rings. The first-order chi connectivity index (χ1) is 13.3. The second-order valence-corrected chi connectivity index (χ2v) is 7.77. The summed E-state index contributed by atoms with van der Waals surface area (Å²) in [6, 6.07) is -0.242. The highest BCUT2D eigenvalue weighted by Crippen LogP contribution is 2.19. The zero-order valence-electron chi connectivity index (χ0n) is 17.1. The second kappa shape index (κ2) is 8.30.